The molecule has 0 saturated heterocycles. The van der Waals surface area contributed by atoms with Crippen LogP contribution in [0.5, 0.6) is 5.75 Å². The van der Waals surface area contributed by atoms with Gasteiger partial charge in [0.15, 0.2) is 11.4 Å². The largest absolute Gasteiger partial charge is 0.502 e. The predicted molar refractivity (Wildman–Crippen MR) is 105 cm³/mol. The Hall–Kier alpha value is -3.97. The normalized spacial score (nSPS) is 14.3. The van der Waals surface area contributed by atoms with E-state index < -0.39 is 89.1 Å². The van der Waals surface area contributed by atoms with Gasteiger partial charge >= 0.3 is 6.18 Å². The summed E-state index contributed by atoms with van der Waals surface area (Å²) < 4.78 is 80.3. The number of hydrogen-bond acceptors (Lipinski definition) is 5. The zero-order valence-corrected chi connectivity index (χ0v) is 17.0. The molecule has 2 amide bonds. The SMILES string of the molecule is C=C[C@@H](CC(F)(F)F)N1CNC(=O)c2c(O)c(=O)c(C(=O)NCc3c(F)cc(F)cc3F)cn21. The molecule has 0 unspecified atom stereocenters. The third-order valence-corrected chi connectivity index (χ3v) is 4.93. The summed E-state index contributed by atoms with van der Waals surface area (Å²) in [4.78, 5) is 37.2. The third-order valence-electron chi connectivity index (χ3n) is 4.93. The van der Waals surface area contributed by atoms with Crippen molar-refractivity contribution in [3.05, 3.63) is 75.5 Å². The van der Waals surface area contributed by atoms with Crippen LogP contribution in [0.25, 0.3) is 0 Å². The quantitative estimate of drug-likeness (QED) is 0.425. The number of amides is 2. The van der Waals surface area contributed by atoms with Crippen LogP contribution in [-0.2, 0) is 6.54 Å². The van der Waals surface area contributed by atoms with Gasteiger partial charge in [0.25, 0.3) is 11.8 Å². The van der Waals surface area contributed by atoms with Crippen molar-refractivity contribution in [2.75, 3.05) is 11.7 Å². The molecule has 182 valence electrons. The number of fused-ring (bicyclic) bond motifs is 1. The van der Waals surface area contributed by atoms with Gasteiger partial charge in [-0.2, -0.15) is 13.2 Å². The molecular weight excluding hydrogens is 474 g/mol. The lowest BCUT2D eigenvalue weighted by molar-refractivity contribution is -0.137. The molecule has 0 spiro atoms. The topological polar surface area (TPSA) is 104 Å². The van der Waals surface area contributed by atoms with E-state index in [-0.39, 0.29) is 0 Å². The summed E-state index contributed by atoms with van der Waals surface area (Å²) in [6.07, 6.45) is -4.42. The molecule has 0 bridgehead atoms. The van der Waals surface area contributed by atoms with Crippen molar-refractivity contribution in [3.8, 4) is 5.75 Å². The average Bonchev–Trinajstić information content (AvgIpc) is 2.73. The van der Waals surface area contributed by atoms with Crippen LogP contribution in [0, 0.1) is 17.5 Å². The van der Waals surface area contributed by atoms with Crippen LogP contribution >= 0.6 is 0 Å². The van der Waals surface area contributed by atoms with Gasteiger partial charge in [0, 0.05) is 30.4 Å². The molecule has 14 heteroatoms. The first-order valence-electron chi connectivity index (χ1n) is 9.48. The molecule has 2 heterocycles. The fourth-order valence-electron chi connectivity index (χ4n) is 3.31. The van der Waals surface area contributed by atoms with Crippen LogP contribution in [0.4, 0.5) is 26.3 Å². The van der Waals surface area contributed by atoms with Crippen molar-refractivity contribution in [1.82, 2.24) is 15.3 Å². The lowest BCUT2D eigenvalue weighted by atomic mass is 10.1. The summed E-state index contributed by atoms with van der Waals surface area (Å²) in [7, 11) is 0. The molecule has 1 aliphatic heterocycles. The Balaban J connectivity index is 2.00. The van der Waals surface area contributed by atoms with E-state index in [0.29, 0.717) is 16.8 Å². The van der Waals surface area contributed by atoms with Crippen LogP contribution in [0.2, 0.25) is 0 Å². The molecule has 3 N–H and O–H groups in total. The fraction of sp³-hybridized carbons (Fsp3) is 0.250. The molecule has 0 saturated carbocycles. The Morgan fingerprint density at radius 1 is 1.24 bits per heavy atom. The molecule has 1 aromatic heterocycles. The molecule has 0 aliphatic carbocycles. The highest BCUT2D eigenvalue weighted by Crippen LogP contribution is 2.26. The number of aromatic nitrogens is 1. The third kappa shape index (κ3) is 4.84. The molecule has 1 aliphatic rings. The van der Waals surface area contributed by atoms with Gasteiger partial charge in [0.1, 0.15) is 29.7 Å². The van der Waals surface area contributed by atoms with Crippen molar-refractivity contribution in [2.24, 2.45) is 0 Å². The van der Waals surface area contributed by atoms with Crippen molar-refractivity contribution in [2.45, 2.75) is 25.2 Å². The maximum atomic E-state index is 13.8. The van der Waals surface area contributed by atoms with Gasteiger partial charge in [0.05, 0.1) is 12.5 Å². The summed E-state index contributed by atoms with van der Waals surface area (Å²) >= 11 is 0. The highest BCUT2D eigenvalue weighted by Gasteiger charge is 2.37. The van der Waals surface area contributed by atoms with Crippen molar-refractivity contribution in [1.29, 1.82) is 0 Å². The average molecular weight is 490 g/mol. The number of rotatable bonds is 6. The van der Waals surface area contributed by atoms with Gasteiger partial charge in [-0.05, 0) is 0 Å². The smallest absolute Gasteiger partial charge is 0.391 e. The number of carbonyl (C=O) groups excluding carboxylic acids is 2. The van der Waals surface area contributed by atoms with Crippen LogP contribution in [0.15, 0.2) is 35.8 Å². The standard InChI is InChI=1S/C20H16F6N4O4/c1-2-10(5-20(24,25)26)30-8-28-19(34)15-17(32)16(31)12(7-29(15)30)18(33)27-6-11-13(22)3-9(21)4-14(11)23/h2-4,7,10,32H,1,5-6,8H2,(H,27,33)(H,28,34)/t10-/m0/s1. The lowest BCUT2D eigenvalue weighted by Crippen LogP contribution is -2.57. The maximum absolute atomic E-state index is 13.8. The molecule has 1 atom stereocenters. The van der Waals surface area contributed by atoms with Crippen molar-refractivity contribution in [3.63, 3.8) is 0 Å². The maximum Gasteiger partial charge on any atom is 0.391 e. The van der Waals surface area contributed by atoms with E-state index in [1.807, 2.05) is 5.32 Å². The van der Waals surface area contributed by atoms with Crippen LogP contribution in [-0.4, -0.2) is 40.5 Å². The molecule has 34 heavy (non-hydrogen) atoms. The van der Waals surface area contributed by atoms with E-state index in [2.05, 4.69) is 11.9 Å². The number of halogens is 6. The number of hydrogen-bond donors (Lipinski definition) is 3. The highest BCUT2D eigenvalue weighted by molar-refractivity contribution is 5.99. The fourth-order valence-corrected chi connectivity index (χ4v) is 3.31. The summed E-state index contributed by atoms with van der Waals surface area (Å²) in [5, 5.41) is 15.4. The van der Waals surface area contributed by atoms with Crippen LogP contribution in [0.1, 0.15) is 32.8 Å². The lowest BCUT2D eigenvalue weighted by Gasteiger charge is -2.38. The van der Waals surface area contributed by atoms with E-state index in [1.54, 1.807) is 0 Å². The monoisotopic (exact) mass is 490 g/mol. The van der Waals surface area contributed by atoms with E-state index >= 15 is 0 Å². The Bertz CT molecular complexity index is 1200. The van der Waals surface area contributed by atoms with Crippen molar-refractivity contribution < 1.29 is 41.0 Å². The molecule has 3 rings (SSSR count). The van der Waals surface area contributed by atoms with Crippen LogP contribution in [0.3, 0.4) is 0 Å². The first-order chi connectivity index (χ1) is 15.8. The second kappa shape index (κ2) is 9.11. The number of alkyl halides is 3. The minimum absolute atomic E-state index is 0.372. The molecule has 1 aromatic carbocycles. The van der Waals surface area contributed by atoms with E-state index in [1.165, 1.54) is 0 Å². The summed E-state index contributed by atoms with van der Waals surface area (Å²) in [5.74, 6) is -7.32. The minimum atomic E-state index is -4.65. The van der Waals surface area contributed by atoms with Gasteiger partial charge < -0.3 is 15.7 Å². The Labute approximate surface area is 187 Å². The number of aromatic hydroxyl groups is 1. The number of pyridine rings is 1. The highest BCUT2D eigenvalue weighted by atomic mass is 19.4. The van der Waals surface area contributed by atoms with Crippen molar-refractivity contribution >= 4 is 11.8 Å². The zero-order chi connectivity index (χ0) is 25.4. The van der Waals surface area contributed by atoms with Gasteiger partial charge in [-0.3, -0.25) is 24.1 Å². The molecule has 2 aromatic rings. The summed E-state index contributed by atoms with van der Waals surface area (Å²) in [6.45, 7) is 2.01. The van der Waals surface area contributed by atoms with Gasteiger partial charge in [-0.15, -0.1) is 6.58 Å². The van der Waals surface area contributed by atoms with Crippen LogP contribution < -0.4 is 21.1 Å². The Kier molecular flexibility index (Phi) is 6.61. The number of nitrogens with zero attached hydrogens (tertiary/aromatic N) is 2. The molecular formula is C20H16F6N4O4. The molecule has 0 fully saturated rings. The predicted octanol–water partition coefficient (Wildman–Crippen LogP) is 2.05. The van der Waals surface area contributed by atoms with Gasteiger partial charge in [-0.1, -0.05) is 6.08 Å². The second-order valence-electron chi connectivity index (χ2n) is 7.17. The number of carbonyl (C=O) groups is 2. The second-order valence-corrected chi connectivity index (χ2v) is 7.17. The Morgan fingerprint density at radius 3 is 2.41 bits per heavy atom. The summed E-state index contributed by atoms with van der Waals surface area (Å²) in [6, 6.07) is -0.729. The first-order valence-corrected chi connectivity index (χ1v) is 9.48. The first kappa shape index (κ1) is 24.7. The summed E-state index contributed by atoms with van der Waals surface area (Å²) in [5.41, 5.74) is -3.64. The number of nitrogens with one attached hydrogen (secondary N) is 2. The van der Waals surface area contributed by atoms with Gasteiger partial charge in [-0.25, -0.2) is 13.2 Å². The number of benzene rings is 1. The molecule has 8 nitrogen and oxygen atoms in total. The minimum Gasteiger partial charge on any atom is -0.502 e. The van der Waals surface area contributed by atoms with E-state index in [9.17, 15) is 45.8 Å². The van der Waals surface area contributed by atoms with E-state index in [4.69, 9.17) is 0 Å². The van der Waals surface area contributed by atoms with Gasteiger partial charge in [0.2, 0.25) is 5.43 Å². The Morgan fingerprint density at radius 2 is 1.85 bits per heavy atom. The zero-order valence-electron chi connectivity index (χ0n) is 17.0. The molecule has 0 radical (unpaired) electrons. The van der Waals surface area contributed by atoms with E-state index in [0.717, 1.165) is 17.3 Å².